The van der Waals surface area contributed by atoms with Crippen LogP contribution in [0.1, 0.15) is 25.0 Å². The molecule has 0 saturated heterocycles. The van der Waals surface area contributed by atoms with E-state index in [0.717, 1.165) is 11.1 Å². The third-order valence-corrected chi connectivity index (χ3v) is 2.33. The molecule has 1 aliphatic heterocycles. The Morgan fingerprint density at radius 1 is 1.44 bits per heavy atom. The van der Waals surface area contributed by atoms with Crippen LogP contribution >= 0.6 is 0 Å². The highest BCUT2D eigenvalue weighted by Crippen LogP contribution is 2.27. The first kappa shape index (κ1) is 10.9. The van der Waals surface area contributed by atoms with E-state index in [1.165, 1.54) is 0 Å². The zero-order valence-electron chi connectivity index (χ0n) is 9.36. The number of ether oxygens (including phenoxy) is 1. The number of esters is 1. The van der Waals surface area contributed by atoms with Crippen molar-refractivity contribution in [2.45, 2.75) is 25.9 Å². The number of fused-ring (bicyclic) bond motifs is 1. The number of benzene rings is 1. The van der Waals surface area contributed by atoms with Gasteiger partial charge in [0.15, 0.2) is 0 Å². The molecule has 0 aromatic heterocycles. The average molecular weight is 218 g/mol. The van der Waals surface area contributed by atoms with Crippen LogP contribution in [0.3, 0.4) is 0 Å². The lowest BCUT2D eigenvalue weighted by Gasteiger charge is -2.10. The molecule has 0 unspecified atom stereocenters. The minimum atomic E-state index is -0.828. The molecule has 0 radical (unpaired) electrons. The van der Waals surface area contributed by atoms with Gasteiger partial charge in [0.05, 0.1) is 12.0 Å². The maximum Gasteiger partial charge on any atom is 0.315 e. The summed E-state index contributed by atoms with van der Waals surface area (Å²) in [6.45, 7) is 3.42. The Bertz CT molecular complexity index is 453. The summed E-state index contributed by atoms with van der Waals surface area (Å²) in [6.07, 6.45) is 3.88. The number of aliphatic hydroxyl groups is 1. The largest absolute Gasteiger partial charge is 0.426 e. The lowest BCUT2D eigenvalue weighted by Crippen LogP contribution is -2.13. The van der Waals surface area contributed by atoms with E-state index in [0.29, 0.717) is 12.2 Å². The van der Waals surface area contributed by atoms with Crippen LogP contribution in [0.25, 0.3) is 6.08 Å². The molecule has 3 nitrogen and oxygen atoms in total. The fourth-order valence-corrected chi connectivity index (χ4v) is 1.56. The normalized spacial score (nSPS) is 15.3. The summed E-state index contributed by atoms with van der Waals surface area (Å²) in [5, 5.41) is 9.55. The first-order valence-electron chi connectivity index (χ1n) is 5.19. The fraction of sp³-hybridized carbons (Fsp3) is 0.308. The second-order valence-corrected chi connectivity index (χ2v) is 4.51. The van der Waals surface area contributed by atoms with E-state index in [-0.39, 0.29) is 5.97 Å². The molecule has 3 heteroatoms. The van der Waals surface area contributed by atoms with Gasteiger partial charge in [-0.05, 0) is 31.5 Å². The van der Waals surface area contributed by atoms with E-state index in [1.807, 2.05) is 18.2 Å². The van der Waals surface area contributed by atoms with Gasteiger partial charge in [-0.2, -0.15) is 0 Å². The van der Waals surface area contributed by atoms with Crippen LogP contribution in [0.15, 0.2) is 24.3 Å². The predicted molar refractivity (Wildman–Crippen MR) is 61.1 cm³/mol. The highest BCUT2D eigenvalue weighted by atomic mass is 16.5. The van der Waals surface area contributed by atoms with Gasteiger partial charge in [0.1, 0.15) is 5.75 Å². The second kappa shape index (κ2) is 3.76. The standard InChI is InChI=1S/C13H14O3/c1-13(2,15)6-5-9-3-4-11-10(7-9)8-12(14)16-11/h3-7,15H,8H2,1-2H3. The minimum absolute atomic E-state index is 0.210. The SMILES string of the molecule is CC(C)(O)C=Cc1ccc2c(c1)CC(=O)O2. The second-order valence-electron chi connectivity index (χ2n) is 4.51. The van der Waals surface area contributed by atoms with Gasteiger partial charge in [0, 0.05) is 5.56 Å². The molecular weight excluding hydrogens is 204 g/mol. The van der Waals surface area contributed by atoms with Crippen molar-refractivity contribution in [3.63, 3.8) is 0 Å². The Balaban J connectivity index is 2.23. The molecule has 1 aromatic rings. The Morgan fingerprint density at radius 2 is 2.19 bits per heavy atom. The molecule has 1 heterocycles. The lowest BCUT2D eigenvalue weighted by atomic mass is 10.0. The van der Waals surface area contributed by atoms with Crippen molar-refractivity contribution in [2.75, 3.05) is 0 Å². The van der Waals surface area contributed by atoms with Crippen LogP contribution in [0.2, 0.25) is 0 Å². The van der Waals surface area contributed by atoms with Gasteiger partial charge < -0.3 is 9.84 Å². The maximum absolute atomic E-state index is 11.0. The number of rotatable bonds is 2. The van der Waals surface area contributed by atoms with Gasteiger partial charge in [0.2, 0.25) is 0 Å². The van der Waals surface area contributed by atoms with Crippen LogP contribution < -0.4 is 4.74 Å². The number of hydrogen-bond donors (Lipinski definition) is 1. The summed E-state index contributed by atoms with van der Waals surface area (Å²) in [5.41, 5.74) is 1.03. The molecule has 0 spiro atoms. The molecule has 0 aliphatic carbocycles. The van der Waals surface area contributed by atoms with Gasteiger partial charge in [-0.15, -0.1) is 0 Å². The molecule has 84 valence electrons. The number of hydrogen-bond acceptors (Lipinski definition) is 3. The van der Waals surface area contributed by atoms with E-state index in [9.17, 15) is 9.90 Å². The van der Waals surface area contributed by atoms with Crippen molar-refractivity contribution < 1.29 is 14.6 Å². The molecule has 1 aromatic carbocycles. The van der Waals surface area contributed by atoms with Crippen LogP contribution in [0.4, 0.5) is 0 Å². The smallest absolute Gasteiger partial charge is 0.315 e. The van der Waals surface area contributed by atoms with Gasteiger partial charge in [-0.3, -0.25) is 4.79 Å². The molecule has 16 heavy (non-hydrogen) atoms. The van der Waals surface area contributed by atoms with Gasteiger partial charge >= 0.3 is 5.97 Å². The first-order chi connectivity index (χ1) is 7.44. The Kier molecular flexibility index (Phi) is 2.56. The summed E-state index contributed by atoms with van der Waals surface area (Å²) < 4.78 is 4.99. The third-order valence-electron chi connectivity index (χ3n) is 2.33. The zero-order valence-corrected chi connectivity index (χ0v) is 9.36. The molecular formula is C13H14O3. The molecule has 1 N–H and O–H groups in total. The summed E-state index contributed by atoms with van der Waals surface area (Å²) in [5.74, 6) is 0.434. The third kappa shape index (κ3) is 2.49. The molecule has 0 saturated carbocycles. The van der Waals surface area contributed by atoms with E-state index in [1.54, 1.807) is 26.0 Å². The van der Waals surface area contributed by atoms with Crippen molar-refractivity contribution in [1.82, 2.24) is 0 Å². The van der Waals surface area contributed by atoms with E-state index < -0.39 is 5.60 Å². The van der Waals surface area contributed by atoms with E-state index >= 15 is 0 Å². The van der Waals surface area contributed by atoms with Gasteiger partial charge in [0.25, 0.3) is 0 Å². The fourth-order valence-electron chi connectivity index (χ4n) is 1.56. The number of carbonyl (C=O) groups excluding carboxylic acids is 1. The highest BCUT2D eigenvalue weighted by molar-refractivity contribution is 5.81. The van der Waals surface area contributed by atoms with E-state index in [2.05, 4.69) is 0 Å². The zero-order chi connectivity index (χ0) is 11.8. The average Bonchev–Trinajstić information content (AvgIpc) is 2.52. The van der Waals surface area contributed by atoms with E-state index in [4.69, 9.17) is 4.74 Å². The van der Waals surface area contributed by atoms with Crippen LogP contribution in [0, 0.1) is 0 Å². The summed E-state index contributed by atoms with van der Waals surface area (Å²) in [7, 11) is 0. The summed E-state index contributed by atoms with van der Waals surface area (Å²) in [4.78, 5) is 11.0. The van der Waals surface area contributed by atoms with Gasteiger partial charge in [-0.1, -0.05) is 18.2 Å². The van der Waals surface area contributed by atoms with Crippen LogP contribution in [-0.4, -0.2) is 16.7 Å². The quantitative estimate of drug-likeness (QED) is 0.609. The van der Waals surface area contributed by atoms with Gasteiger partial charge in [-0.25, -0.2) is 0 Å². The molecule has 0 amide bonds. The Labute approximate surface area is 94.4 Å². The Morgan fingerprint density at radius 3 is 2.88 bits per heavy atom. The van der Waals surface area contributed by atoms with Crippen LogP contribution in [0.5, 0.6) is 5.75 Å². The minimum Gasteiger partial charge on any atom is -0.426 e. The molecule has 1 aliphatic rings. The monoisotopic (exact) mass is 218 g/mol. The van der Waals surface area contributed by atoms with Crippen molar-refractivity contribution in [3.8, 4) is 5.75 Å². The summed E-state index contributed by atoms with van der Waals surface area (Å²) in [6, 6.07) is 5.55. The molecule has 0 atom stereocenters. The first-order valence-corrected chi connectivity index (χ1v) is 5.19. The highest BCUT2D eigenvalue weighted by Gasteiger charge is 2.19. The lowest BCUT2D eigenvalue weighted by molar-refractivity contribution is -0.131. The topological polar surface area (TPSA) is 46.5 Å². The molecule has 0 fully saturated rings. The van der Waals surface area contributed by atoms with Crippen LogP contribution in [-0.2, 0) is 11.2 Å². The Hall–Kier alpha value is -1.61. The molecule has 2 rings (SSSR count). The maximum atomic E-state index is 11.0. The van der Waals surface area contributed by atoms with Crippen molar-refractivity contribution in [1.29, 1.82) is 0 Å². The van der Waals surface area contributed by atoms with Crippen molar-refractivity contribution in [2.24, 2.45) is 0 Å². The van der Waals surface area contributed by atoms with Crippen molar-refractivity contribution >= 4 is 12.0 Å². The summed E-state index contributed by atoms with van der Waals surface area (Å²) >= 11 is 0. The van der Waals surface area contributed by atoms with Crippen molar-refractivity contribution in [3.05, 3.63) is 35.4 Å². The predicted octanol–water partition coefficient (Wildman–Crippen LogP) is 1.93. The molecule has 0 bridgehead atoms. The number of carbonyl (C=O) groups is 1.